The number of carbonyl (C=O) groups excluding carboxylic acids is 1. The van der Waals surface area contributed by atoms with Gasteiger partial charge < -0.3 is 15.4 Å². The first-order chi connectivity index (χ1) is 12.9. The summed E-state index contributed by atoms with van der Waals surface area (Å²) >= 11 is 0. The number of hydrogen-bond donors (Lipinski definition) is 2. The molecule has 0 saturated carbocycles. The lowest BCUT2D eigenvalue weighted by Gasteiger charge is -2.33. The van der Waals surface area contributed by atoms with E-state index >= 15 is 0 Å². The lowest BCUT2D eigenvalue weighted by atomic mass is 10.2. The van der Waals surface area contributed by atoms with Crippen molar-refractivity contribution in [2.45, 2.75) is 24.8 Å². The number of piperazine rings is 1. The van der Waals surface area contributed by atoms with Gasteiger partial charge >= 0.3 is 0 Å². The largest absolute Gasteiger partial charge is 0.379 e. The van der Waals surface area contributed by atoms with Crippen molar-refractivity contribution >= 4 is 34.0 Å². The summed E-state index contributed by atoms with van der Waals surface area (Å²) in [6.45, 7) is 8.18. The second kappa shape index (κ2) is 10.00. The van der Waals surface area contributed by atoms with Crippen LogP contribution in [0.5, 0.6) is 0 Å². The number of carbonyl (C=O) groups is 1. The highest BCUT2D eigenvalue weighted by molar-refractivity contribution is 7.89. The van der Waals surface area contributed by atoms with E-state index in [-0.39, 0.29) is 23.2 Å². The molecule has 1 aromatic carbocycles. The Bertz CT molecular complexity index is 784. The van der Waals surface area contributed by atoms with Gasteiger partial charge in [0.2, 0.25) is 15.9 Å². The number of anilines is 1. The molecular formula is C18H29ClN4O4S. The topological polar surface area (TPSA) is 91.0 Å². The van der Waals surface area contributed by atoms with Crippen LogP contribution in [0.3, 0.4) is 0 Å². The van der Waals surface area contributed by atoms with Crippen molar-refractivity contribution in [3.63, 3.8) is 0 Å². The quantitative estimate of drug-likeness (QED) is 0.710. The van der Waals surface area contributed by atoms with E-state index < -0.39 is 10.0 Å². The van der Waals surface area contributed by atoms with Crippen LogP contribution in [-0.4, -0.2) is 82.1 Å². The van der Waals surface area contributed by atoms with Crippen LogP contribution >= 0.6 is 12.4 Å². The number of sulfonamides is 1. The number of benzene rings is 1. The van der Waals surface area contributed by atoms with Gasteiger partial charge in [-0.15, -0.1) is 12.4 Å². The maximum atomic E-state index is 12.9. The minimum absolute atomic E-state index is 0. The molecule has 0 aliphatic carbocycles. The van der Waals surface area contributed by atoms with Crippen LogP contribution in [0.2, 0.25) is 0 Å². The summed E-state index contributed by atoms with van der Waals surface area (Å²) in [7, 11) is -3.60. The van der Waals surface area contributed by atoms with E-state index in [1.54, 1.807) is 25.1 Å². The minimum Gasteiger partial charge on any atom is -0.379 e. The number of amides is 1. The summed E-state index contributed by atoms with van der Waals surface area (Å²) in [5.74, 6) is -0.137. The fraction of sp³-hybridized carbons (Fsp3) is 0.611. The molecule has 8 nitrogen and oxygen atoms in total. The zero-order valence-electron chi connectivity index (χ0n) is 16.3. The van der Waals surface area contributed by atoms with E-state index in [2.05, 4.69) is 22.5 Å². The first-order valence-corrected chi connectivity index (χ1v) is 10.7. The molecular weight excluding hydrogens is 404 g/mol. The maximum absolute atomic E-state index is 12.9. The van der Waals surface area contributed by atoms with Gasteiger partial charge in [0.05, 0.1) is 24.7 Å². The molecule has 2 N–H and O–H groups in total. The average molecular weight is 433 g/mol. The summed E-state index contributed by atoms with van der Waals surface area (Å²) in [6.07, 6.45) is 0. The van der Waals surface area contributed by atoms with Gasteiger partial charge in [-0.2, -0.15) is 4.31 Å². The Morgan fingerprint density at radius 3 is 2.68 bits per heavy atom. The van der Waals surface area contributed by atoms with E-state index in [0.717, 1.165) is 19.6 Å². The molecule has 2 saturated heterocycles. The van der Waals surface area contributed by atoms with Crippen molar-refractivity contribution in [2.75, 3.05) is 57.8 Å². The van der Waals surface area contributed by atoms with E-state index in [1.165, 1.54) is 4.31 Å². The minimum atomic E-state index is -3.60. The Kier molecular flexibility index (Phi) is 8.23. The summed E-state index contributed by atoms with van der Waals surface area (Å²) < 4.78 is 32.6. The van der Waals surface area contributed by atoms with Crippen LogP contribution in [0.15, 0.2) is 23.1 Å². The molecule has 1 atom stereocenters. The molecule has 2 heterocycles. The number of nitrogens with one attached hydrogen (secondary N) is 2. The summed E-state index contributed by atoms with van der Waals surface area (Å²) in [4.78, 5) is 14.8. The van der Waals surface area contributed by atoms with Gasteiger partial charge in [0.15, 0.2) is 0 Å². The Labute approximate surface area is 173 Å². The first kappa shape index (κ1) is 23.1. The average Bonchev–Trinajstić information content (AvgIpc) is 2.66. The molecule has 2 aliphatic heterocycles. The molecule has 1 amide bonds. The monoisotopic (exact) mass is 432 g/mol. The third-order valence-electron chi connectivity index (χ3n) is 5.05. The van der Waals surface area contributed by atoms with Gasteiger partial charge in [-0.1, -0.05) is 6.07 Å². The van der Waals surface area contributed by atoms with E-state index in [0.29, 0.717) is 50.1 Å². The molecule has 10 heteroatoms. The van der Waals surface area contributed by atoms with Crippen LogP contribution in [0, 0.1) is 6.92 Å². The van der Waals surface area contributed by atoms with Gasteiger partial charge in [0.1, 0.15) is 0 Å². The van der Waals surface area contributed by atoms with Gasteiger partial charge in [-0.3, -0.25) is 9.69 Å². The van der Waals surface area contributed by atoms with Gasteiger partial charge in [-0.25, -0.2) is 8.42 Å². The number of rotatable bonds is 5. The third kappa shape index (κ3) is 5.43. The molecule has 2 fully saturated rings. The number of nitrogens with zero attached hydrogens (tertiary/aromatic N) is 2. The van der Waals surface area contributed by atoms with E-state index in [1.807, 2.05) is 0 Å². The van der Waals surface area contributed by atoms with Crippen LogP contribution in [0.1, 0.15) is 12.5 Å². The second-order valence-electron chi connectivity index (χ2n) is 7.07. The smallest absolute Gasteiger partial charge is 0.243 e. The van der Waals surface area contributed by atoms with E-state index in [9.17, 15) is 13.2 Å². The third-order valence-corrected chi connectivity index (χ3v) is 7.09. The number of ether oxygens (including phenoxy) is 1. The normalized spacial score (nSPS) is 21.7. The predicted octanol–water partition coefficient (Wildman–Crippen LogP) is 0.670. The van der Waals surface area contributed by atoms with Crippen molar-refractivity contribution in [3.8, 4) is 0 Å². The highest BCUT2D eigenvalue weighted by atomic mass is 35.5. The van der Waals surface area contributed by atoms with Crippen LogP contribution in [-0.2, 0) is 19.6 Å². The molecule has 0 radical (unpaired) electrons. The van der Waals surface area contributed by atoms with Gasteiger partial charge in [-0.05, 0) is 31.5 Å². The number of aryl methyl sites for hydroxylation is 1. The number of morpholine rings is 1. The Morgan fingerprint density at radius 2 is 2.00 bits per heavy atom. The zero-order valence-corrected chi connectivity index (χ0v) is 17.9. The molecule has 2 aliphatic rings. The Balaban J connectivity index is 0.00000280. The van der Waals surface area contributed by atoms with Crippen LogP contribution < -0.4 is 10.6 Å². The zero-order chi connectivity index (χ0) is 19.4. The highest BCUT2D eigenvalue weighted by Gasteiger charge is 2.28. The van der Waals surface area contributed by atoms with Crippen molar-refractivity contribution in [2.24, 2.45) is 0 Å². The number of hydrogen-bond acceptors (Lipinski definition) is 6. The van der Waals surface area contributed by atoms with Crippen LogP contribution in [0.25, 0.3) is 0 Å². The molecule has 0 spiro atoms. The molecule has 28 heavy (non-hydrogen) atoms. The van der Waals surface area contributed by atoms with Crippen molar-refractivity contribution in [3.05, 3.63) is 23.8 Å². The Morgan fingerprint density at radius 1 is 1.29 bits per heavy atom. The van der Waals surface area contributed by atoms with E-state index in [4.69, 9.17) is 4.74 Å². The predicted molar refractivity (Wildman–Crippen MR) is 111 cm³/mol. The SMILES string of the molecule is Cc1ccc(NC(=O)CN2CCNC[C@H]2C)cc1S(=O)(=O)N1CCOCC1.Cl. The standard InChI is InChI=1S/C18H28N4O4S.ClH/c1-14-3-4-16(20-18(23)13-21-6-5-19-12-15(21)2)11-17(14)27(24,25)22-7-9-26-10-8-22;/h3-4,11,15,19H,5-10,12-13H2,1-2H3,(H,20,23);1H/t15-;/m1./s1. The summed E-state index contributed by atoms with van der Waals surface area (Å²) in [6, 6.07) is 5.32. The van der Waals surface area contributed by atoms with Crippen molar-refractivity contribution in [1.82, 2.24) is 14.5 Å². The lowest BCUT2D eigenvalue weighted by Crippen LogP contribution is -2.51. The van der Waals surface area contributed by atoms with Gasteiger partial charge in [0.25, 0.3) is 0 Å². The number of halogens is 1. The molecule has 1 aromatic rings. The van der Waals surface area contributed by atoms with Crippen LogP contribution in [0.4, 0.5) is 5.69 Å². The fourth-order valence-electron chi connectivity index (χ4n) is 3.38. The van der Waals surface area contributed by atoms with Gasteiger partial charge in [0, 0.05) is 44.5 Å². The van der Waals surface area contributed by atoms with Crippen molar-refractivity contribution in [1.29, 1.82) is 0 Å². The first-order valence-electron chi connectivity index (χ1n) is 9.31. The molecule has 3 rings (SSSR count). The van der Waals surface area contributed by atoms with Crippen molar-refractivity contribution < 1.29 is 17.9 Å². The second-order valence-corrected chi connectivity index (χ2v) is 8.97. The Hall–Kier alpha value is -1.23. The maximum Gasteiger partial charge on any atom is 0.243 e. The molecule has 0 aromatic heterocycles. The lowest BCUT2D eigenvalue weighted by molar-refractivity contribution is -0.118. The molecule has 0 unspecified atom stereocenters. The fourth-order valence-corrected chi connectivity index (χ4v) is 5.04. The highest BCUT2D eigenvalue weighted by Crippen LogP contribution is 2.24. The molecule has 158 valence electrons. The molecule has 0 bridgehead atoms. The summed E-state index contributed by atoms with van der Waals surface area (Å²) in [5, 5.41) is 6.14. The summed E-state index contributed by atoms with van der Waals surface area (Å²) in [5.41, 5.74) is 1.16.